The molecule has 4 fully saturated rings. The lowest BCUT2D eigenvalue weighted by atomic mass is 9.49. The number of amides is 2. The summed E-state index contributed by atoms with van der Waals surface area (Å²) in [6.07, 6.45) is 9.77. The molecule has 4 aliphatic rings. The lowest BCUT2D eigenvalue weighted by Crippen LogP contribution is -2.70. The predicted molar refractivity (Wildman–Crippen MR) is 106 cm³/mol. The molecule has 6 rings (SSSR count). The third-order valence-electron chi connectivity index (χ3n) is 6.76. The van der Waals surface area contributed by atoms with Gasteiger partial charge < -0.3 is 10.6 Å². The van der Waals surface area contributed by atoms with Crippen molar-refractivity contribution in [1.29, 1.82) is 0 Å². The minimum absolute atomic E-state index is 0.0823. The Labute approximate surface area is 173 Å². The van der Waals surface area contributed by atoms with E-state index in [0.29, 0.717) is 29.6 Å². The summed E-state index contributed by atoms with van der Waals surface area (Å²) in [6, 6.07) is 2.38. The van der Waals surface area contributed by atoms with E-state index in [-0.39, 0.29) is 23.0 Å². The summed E-state index contributed by atoms with van der Waals surface area (Å²) < 4.78 is 13.5. The molecule has 2 unspecified atom stereocenters. The summed E-state index contributed by atoms with van der Waals surface area (Å²) in [5.41, 5.74) is 0.321. The molecule has 30 heavy (non-hydrogen) atoms. The Balaban J connectivity index is 1.38. The van der Waals surface area contributed by atoms with Gasteiger partial charge in [-0.1, -0.05) is 0 Å². The number of aromatic nitrogens is 3. The fraction of sp³-hybridized carbons (Fsp3) is 0.500. The van der Waals surface area contributed by atoms with E-state index in [1.54, 1.807) is 13.1 Å². The van der Waals surface area contributed by atoms with Gasteiger partial charge in [-0.25, -0.2) is 9.37 Å². The second-order valence-electron chi connectivity index (χ2n) is 9.33. The van der Waals surface area contributed by atoms with Gasteiger partial charge in [-0.05, 0) is 63.4 Å². The van der Waals surface area contributed by atoms with Crippen LogP contribution in [0.25, 0.3) is 0 Å². The monoisotopic (exact) mass is 409 g/mol. The largest absolute Gasteiger partial charge is 0.345 e. The molecule has 0 spiro atoms. The van der Waals surface area contributed by atoms with Crippen LogP contribution in [0.5, 0.6) is 0 Å². The van der Waals surface area contributed by atoms with Gasteiger partial charge in [-0.2, -0.15) is 0 Å². The third-order valence-corrected chi connectivity index (χ3v) is 6.76. The molecule has 2 N–H and O–H groups in total. The zero-order valence-electron chi connectivity index (χ0n) is 16.8. The zero-order chi connectivity index (χ0) is 20.9. The first-order chi connectivity index (χ1) is 14.3. The number of aryl methyl sites for hydroxylation is 1. The smallest absolute Gasteiger partial charge is 0.271 e. The highest BCUT2D eigenvalue weighted by Crippen LogP contribution is 2.57. The van der Waals surface area contributed by atoms with Crippen LogP contribution in [0.4, 0.5) is 4.39 Å². The first kappa shape index (κ1) is 19.1. The van der Waals surface area contributed by atoms with Crippen molar-refractivity contribution in [3.05, 3.63) is 53.6 Å². The summed E-state index contributed by atoms with van der Waals surface area (Å²) in [5, 5.41) is 6.41. The van der Waals surface area contributed by atoms with Gasteiger partial charge in [0, 0.05) is 29.5 Å². The second-order valence-corrected chi connectivity index (χ2v) is 9.33. The standard InChI is InChI=1S/C22H24FN5O2/c1-13-10-24-11-18(26-13)20(30)28-22-8-14-4-15(9-22)7-21(6-14,12-22)27-19(29)17-5-16(23)2-3-25-17/h2-3,5,10-11,14-15H,4,6-9,12H2,1H3,(H,27,29)(H,28,30). The summed E-state index contributed by atoms with van der Waals surface area (Å²) in [7, 11) is 0. The number of hydrogen-bond acceptors (Lipinski definition) is 5. The lowest BCUT2D eigenvalue weighted by Gasteiger charge is -2.62. The van der Waals surface area contributed by atoms with Crippen molar-refractivity contribution in [2.75, 3.05) is 0 Å². The topological polar surface area (TPSA) is 96.9 Å². The van der Waals surface area contributed by atoms with Gasteiger partial charge in [0.15, 0.2) is 0 Å². The molecule has 4 bridgehead atoms. The van der Waals surface area contributed by atoms with Crippen LogP contribution in [0, 0.1) is 24.6 Å². The molecule has 2 heterocycles. The molecule has 0 aromatic carbocycles. The Morgan fingerprint density at radius 2 is 1.67 bits per heavy atom. The number of carbonyl (C=O) groups is 2. The zero-order valence-corrected chi connectivity index (χ0v) is 16.8. The van der Waals surface area contributed by atoms with Crippen LogP contribution >= 0.6 is 0 Å². The molecule has 8 heteroatoms. The Kier molecular flexibility index (Phi) is 4.34. The maximum absolute atomic E-state index is 13.5. The molecule has 4 aliphatic carbocycles. The first-order valence-corrected chi connectivity index (χ1v) is 10.4. The fourth-order valence-corrected chi connectivity index (χ4v) is 6.27. The van der Waals surface area contributed by atoms with E-state index in [0.717, 1.165) is 38.2 Å². The second kappa shape index (κ2) is 6.82. The van der Waals surface area contributed by atoms with Gasteiger partial charge in [0.25, 0.3) is 11.8 Å². The van der Waals surface area contributed by atoms with Gasteiger partial charge in [0.1, 0.15) is 17.2 Å². The van der Waals surface area contributed by atoms with Gasteiger partial charge >= 0.3 is 0 Å². The average Bonchev–Trinajstić information content (AvgIpc) is 2.66. The number of pyridine rings is 1. The van der Waals surface area contributed by atoms with Crippen molar-refractivity contribution in [2.45, 2.75) is 56.5 Å². The quantitative estimate of drug-likeness (QED) is 0.809. The summed E-state index contributed by atoms with van der Waals surface area (Å²) >= 11 is 0. The number of halogens is 1. The van der Waals surface area contributed by atoms with E-state index in [4.69, 9.17) is 0 Å². The molecular formula is C22H24FN5O2. The molecule has 0 saturated heterocycles. The summed E-state index contributed by atoms with van der Waals surface area (Å²) in [5.74, 6) is -0.181. The van der Waals surface area contributed by atoms with E-state index in [2.05, 4.69) is 25.6 Å². The fourth-order valence-electron chi connectivity index (χ4n) is 6.27. The van der Waals surface area contributed by atoms with Crippen LogP contribution in [0.2, 0.25) is 0 Å². The highest BCUT2D eigenvalue weighted by molar-refractivity contribution is 5.93. The normalized spacial score (nSPS) is 31.4. The SMILES string of the molecule is Cc1cncc(C(=O)NC23CC4CC(CC(NC(=O)c5cc(F)ccn5)(C4)C2)C3)n1. The molecule has 4 saturated carbocycles. The van der Waals surface area contributed by atoms with E-state index in [1.807, 2.05) is 0 Å². The van der Waals surface area contributed by atoms with Crippen LogP contribution < -0.4 is 10.6 Å². The van der Waals surface area contributed by atoms with Crippen molar-refractivity contribution < 1.29 is 14.0 Å². The summed E-state index contributed by atoms with van der Waals surface area (Å²) in [6.45, 7) is 1.81. The molecule has 0 radical (unpaired) electrons. The van der Waals surface area contributed by atoms with E-state index in [1.165, 1.54) is 18.5 Å². The van der Waals surface area contributed by atoms with Crippen molar-refractivity contribution in [3.8, 4) is 0 Å². The minimum atomic E-state index is -0.483. The molecule has 2 amide bonds. The highest BCUT2D eigenvalue weighted by Gasteiger charge is 2.58. The number of rotatable bonds is 4. The average molecular weight is 409 g/mol. The van der Waals surface area contributed by atoms with Crippen LogP contribution in [-0.2, 0) is 0 Å². The molecule has 0 aliphatic heterocycles. The minimum Gasteiger partial charge on any atom is -0.345 e. The first-order valence-electron chi connectivity index (χ1n) is 10.4. The predicted octanol–water partition coefficient (Wildman–Crippen LogP) is 2.57. The molecule has 7 nitrogen and oxygen atoms in total. The van der Waals surface area contributed by atoms with Crippen molar-refractivity contribution in [2.24, 2.45) is 11.8 Å². The molecular weight excluding hydrogens is 385 g/mol. The number of carbonyl (C=O) groups excluding carboxylic acids is 2. The number of nitrogens with zero attached hydrogens (tertiary/aromatic N) is 3. The summed E-state index contributed by atoms with van der Waals surface area (Å²) in [4.78, 5) is 38.1. The maximum Gasteiger partial charge on any atom is 0.271 e. The lowest BCUT2D eigenvalue weighted by molar-refractivity contribution is -0.0449. The van der Waals surface area contributed by atoms with Crippen LogP contribution in [-0.4, -0.2) is 37.8 Å². The van der Waals surface area contributed by atoms with Gasteiger partial charge in [0.2, 0.25) is 0 Å². The van der Waals surface area contributed by atoms with Gasteiger partial charge in [-0.3, -0.25) is 19.6 Å². The Morgan fingerprint density at radius 3 is 2.27 bits per heavy atom. The number of hydrogen-bond donors (Lipinski definition) is 2. The maximum atomic E-state index is 13.5. The van der Waals surface area contributed by atoms with Crippen LogP contribution in [0.15, 0.2) is 30.7 Å². The van der Waals surface area contributed by atoms with E-state index >= 15 is 0 Å². The van der Waals surface area contributed by atoms with E-state index in [9.17, 15) is 14.0 Å². The Hall–Kier alpha value is -2.90. The highest BCUT2D eigenvalue weighted by atomic mass is 19.1. The molecule has 2 aromatic rings. The Morgan fingerprint density at radius 1 is 1.03 bits per heavy atom. The van der Waals surface area contributed by atoms with Crippen molar-refractivity contribution in [1.82, 2.24) is 25.6 Å². The van der Waals surface area contributed by atoms with Crippen LogP contribution in [0.1, 0.15) is 65.2 Å². The molecule has 156 valence electrons. The van der Waals surface area contributed by atoms with Crippen molar-refractivity contribution >= 4 is 11.8 Å². The van der Waals surface area contributed by atoms with Crippen LogP contribution in [0.3, 0.4) is 0 Å². The molecule has 2 atom stereocenters. The Bertz CT molecular complexity index is 935. The van der Waals surface area contributed by atoms with Gasteiger partial charge in [-0.15, -0.1) is 0 Å². The van der Waals surface area contributed by atoms with Crippen molar-refractivity contribution in [3.63, 3.8) is 0 Å². The third kappa shape index (κ3) is 3.44. The number of nitrogens with one attached hydrogen (secondary N) is 2. The van der Waals surface area contributed by atoms with Gasteiger partial charge in [0.05, 0.1) is 11.9 Å². The molecule has 2 aromatic heterocycles. The van der Waals surface area contributed by atoms with E-state index < -0.39 is 11.4 Å².